The summed E-state index contributed by atoms with van der Waals surface area (Å²) in [6, 6.07) is 12.4. The second kappa shape index (κ2) is 7.16. The molecule has 0 spiro atoms. The second-order valence-corrected chi connectivity index (χ2v) is 7.59. The molecule has 0 aliphatic carbocycles. The fraction of sp³-hybridized carbons (Fsp3) is 0.133. The highest BCUT2D eigenvalue weighted by Gasteiger charge is 2.07. The molecule has 0 aromatic heterocycles. The van der Waals surface area contributed by atoms with Crippen LogP contribution < -0.4 is 15.4 Å². The van der Waals surface area contributed by atoms with Crippen molar-refractivity contribution in [2.75, 3.05) is 21.6 Å². The highest BCUT2D eigenvalue weighted by atomic mass is 35.5. The Morgan fingerprint density at radius 2 is 1.83 bits per heavy atom. The number of nitrogens with one attached hydrogen (secondary N) is 3. The van der Waals surface area contributed by atoms with Crippen LogP contribution in [-0.2, 0) is 10.0 Å². The van der Waals surface area contributed by atoms with Gasteiger partial charge in [0.2, 0.25) is 10.0 Å². The minimum atomic E-state index is -3.33. The zero-order chi connectivity index (χ0) is 17.0. The van der Waals surface area contributed by atoms with Gasteiger partial charge in [0.05, 0.1) is 11.9 Å². The van der Waals surface area contributed by atoms with E-state index in [1.54, 1.807) is 30.3 Å². The van der Waals surface area contributed by atoms with Gasteiger partial charge >= 0.3 is 0 Å². The van der Waals surface area contributed by atoms with Crippen molar-refractivity contribution in [2.45, 2.75) is 6.92 Å². The van der Waals surface area contributed by atoms with Crippen LogP contribution in [0.2, 0.25) is 5.02 Å². The molecule has 23 heavy (non-hydrogen) atoms. The summed E-state index contributed by atoms with van der Waals surface area (Å²) in [6.07, 6.45) is 1.10. The summed E-state index contributed by atoms with van der Waals surface area (Å²) in [4.78, 5) is 0. The summed E-state index contributed by atoms with van der Waals surface area (Å²) in [6.45, 7) is 1.90. The van der Waals surface area contributed by atoms with Crippen molar-refractivity contribution in [2.24, 2.45) is 0 Å². The predicted octanol–water partition coefficient (Wildman–Crippen LogP) is 3.83. The van der Waals surface area contributed by atoms with Gasteiger partial charge in [0, 0.05) is 16.4 Å². The summed E-state index contributed by atoms with van der Waals surface area (Å²) in [5.74, 6) is 0. The molecule has 0 saturated carbocycles. The predicted molar refractivity (Wildman–Crippen MR) is 101 cm³/mol. The summed E-state index contributed by atoms with van der Waals surface area (Å²) < 4.78 is 25.1. The average Bonchev–Trinajstić information content (AvgIpc) is 2.41. The first-order valence-electron chi connectivity index (χ1n) is 6.65. The molecule has 2 aromatic rings. The van der Waals surface area contributed by atoms with Crippen LogP contribution >= 0.6 is 23.8 Å². The van der Waals surface area contributed by atoms with Crippen LogP contribution in [-0.4, -0.2) is 19.8 Å². The van der Waals surface area contributed by atoms with Crippen molar-refractivity contribution in [3.8, 4) is 0 Å². The van der Waals surface area contributed by atoms with E-state index in [2.05, 4.69) is 15.4 Å². The zero-order valence-corrected chi connectivity index (χ0v) is 14.9. The number of thiocarbonyl (C=S) groups is 1. The largest absolute Gasteiger partial charge is 0.332 e. The van der Waals surface area contributed by atoms with Crippen LogP contribution in [0.25, 0.3) is 0 Å². The highest BCUT2D eigenvalue weighted by Crippen LogP contribution is 2.22. The topological polar surface area (TPSA) is 70.2 Å². The molecule has 2 rings (SSSR count). The van der Waals surface area contributed by atoms with E-state index in [1.165, 1.54) is 0 Å². The smallest absolute Gasteiger partial charge is 0.229 e. The molecule has 0 heterocycles. The maximum absolute atomic E-state index is 11.3. The molecule has 0 atom stereocenters. The lowest BCUT2D eigenvalue weighted by molar-refractivity contribution is 0.607. The lowest BCUT2D eigenvalue weighted by Gasteiger charge is -2.14. The van der Waals surface area contributed by atoms with E-state index in [0.717, 1.165) is 17.5 Å². The van der Waals surface area contributed by atoms with Crippen molar-refractivity contribution < 1.29 is 8.42 Å². The second-order valence-electron chi connectivity index (χ2n) is 4.99. The molecule has 5 nitrogen and oxygen atoms in total. The van der Waals surface area contributed by atoms with Gasteiger partial charge in [-0.15, -0.1) is 0 Å². The molecular formula is C15H16ClN3O2S2. The Balaban J connectivity index is 2.12. The summed E-state index contributed by atoms with van der Waals surface area (Å²) in [5, 5.41) is 7.06. The van der Waals surface area contributed by atoms with Gasteiger partial charge in [-0.05, 0) is 55.0 Å². The molecule has 0 unspecified atom stereocenters. The molecule has 8 heteroatoms. The van der Waals surface area contributed by atoms with E-state index in [4.69, 9.17) is 23.8 Å². The molecule has 3 N–H and O–H groups in total. The maximum Gasteiger partial charge on any atom is 0.229 e. The van der Waals surface area contributed by atoms with E-state index in [9.17, 15) is 8.42 Å². The number of halogens is 1. The fourth-order valence-corrected chi connectivity index (χ4v) is 2.86. The van der Waals surface area contributed by atoms with Gasteiger partial charge in [-0.2, -0.15) is 0 Å². The summed E-state index contributed by atoms with van der Waals surface area (Å²) in [5.41, 5.74) is 2.86. The zero-order valence-electron chi connectivity index (χ0n) is 12.6. The molecule has 0 bridgehead atoms. The van der Waals surface area contributed by atoms with E-state index >= 15 is 0 Å². The highest BCUT2D eigenvalue weighted by molar-refractivity contribution is 7.92. The third-order valence-electron chi connectivity index (χ3n) is 2.87. The van der Waals surface area contributed by atoms with Gasteiger partial charge in [0.1, 0.15) is 0 Å². The monoisotopic (exact) mass is 369 g/mol. The SMILES string of the molecule is Cc1ccc(NS(C)(=O)=O)cc1NC(=S)Nc1cccc(Cl)c1. The fourth-order valence-electron chi connectivity index (χ4n) is 1.89. The first-order valence-corrected chi connectivity index (χ1v) is 9.33. The number of sulfonamides is 1. The minimum Gasteiger partial charge on any atom is -0.332 e. The molecule has 0 amide bonds. The third kappa shape index (κ3) is 5.70. The van der Waals surface area contributed by atoms with E-state index in [0.29, 0.717) is 21.5 Å². The third-order valence-corrected chi connectivity index (χ3v) is 3.92. The Labute approximate surface area is 146 Å². The number of benzene rings is 2. The van der Waals surface area contributed by atoms with Crippen molar-refractivity contribution in [1.82, 2.24) is 0 Å². The molecule has 122 valence electrons. The van der Waals surface area contributed by atoms with Gasteiger partial charge in [0.25, 0.3) is 0 Å². The van der Waals surface area contributed by atoms with Gasteiger partial charge in [-0.1, -0.05) is 23.7 Å². The van der Waals surface area contributed by atoms with Crippen LogP contribution in [0.4, 0.5) is 17.1 Å². The lowest BCUT2D eigenvalue weighted by atomic mass is 10.2. The summed E-state index contributed by atoms with van der Waals surface area (Å²) >= 11 is 11.2. The Bertz CT molecular complexity index is 838. The first-order chi connectivity index (χ1) is 10.7. The molecule has 0 radical (unpaired) electrons. The molecule has 0 fully saturated rings. The van der Waals surface area contributed by atoms with Crippen LogP contribution in [0.5, 0.6) is 0 Å². The number of hydrogen-bond acceptors (Lipinski definition) is 3. The van der Waals surface area contributed by atoms with Crippen molar-refractivity contribution in [1.29, 1.82) is 0 Å². The Hall–Kier alpha value is -1.83. The van der Waals surface area contributed by atoms with Crippen LogP contribution in [0.1, 0.15) is 5.56 Å². The number of anilines is 3. The Morgan fingerprint density at radius 1 is 1.09 bits per heavy atom. The Morgan fingerprint density at radius 3 is 2.48 bits per heavy atom. The molecular weight excluding hydrogens is 354 g/mol. The van der Waals surface area contributed by atoms with Crippen molar-refractivity contribution in [3.63, 3.8) is 0 Å². The van der Waals surface area contributed by atoms with E-state index in [1.807, 2.05) is 19.1 Å². The molecule has 0 aliphatic heterocycles. The van der Waals surface area contributed by atoms with Gasteiger partial charge < -0.3 is 10.6 Å². The summed E-state index contributed by atoms with van der Waals surface area (Å²) in [7, 11) is -3.33. The maximum atomic E-state index is 11.3. The number of hydrogen-bond donors (Lipinski definition) is 3. The van der Waals surface area contributed by atoms with Crippen LogP contribution in [0.15, 0.2) is 42.5 Å². The van der Waals surface area contributed by atoms with E-state index in [-0.39, 0.29) is 0 Å². The van der Waals surface area contributed by atoms with Gasteiger partial charge in [-0.25, -0.2) is 8.42 Å². The molecule has 0 aliphatic rings. The molecule has 0 saturated heterocycles. The Kier molecular flexibility index (Phi) is 5.46. The van der Waals surface area contributed by atoms with Gasteiger partial charge in [0.15, 0.2) is 5.11 Å². The van der Waals surface area contributed by atoms with Crippen molar-refractivity contribution >= 4 is 56.0 Å². The first kappa shape index (κ1) is 17.5. The normalized spacial score (nSPS) is 10.9. The standard InChI is InChI=1S/C15H16ClN3O2S2/c1-10-6-7-13(19-23(2,20)21)9-14(10)18-15(22)17-12-5-3-4-11(16)8-12/h3-9,19H,1-2H3,(H2,17,18,22). The van der Waals surface area contributed by atoms with E-state index < -0.39 is 10.0 Å². The van der Waals surface area contributed by atoms with Gasteiger partial charge in [-0.3, -0.25) is 4.72 Å². The molecule has 2 aromatic carbocycles. The lowest BCUT2D eigenvalue weighted by Crippen LogP contribution is -2.20. The quantitative estimate of drug-likeness (QED) is 0.714. The van der Waals surface area contributed by atoms with Crippen LogP contribution in [0, 0.1) is 6.92 Å². The number of aryl methyl sites for hydroxylation is 1. The van der Waals surface area contributed by atoms with Crippen molar-refractivity contribution in [3.05, 3.63) is 53.1 Å². The van der Waals surface area contributed by atoms with Crippen LogP contribution in [0.3, 0.4) is 0 Å². The average molecular weight is 370 g/mol. The number of rotatable bonds is 4. The minimum absolute atomic E-state index is 0.381.